The summed E-state index contributed by atoms with van der Waals surface area (Å²) in [6.07, 6.45) is 0.382. The predicted molar refractivity (Wildman–Crippen MR) is 89.4 cm³/mol. The van der Waals surface area contributed by atoms with Gasteiger partial charge in [-0.2, -0.15) is 0 Å². The van der Waals surface area contributed by atoms with Gasteiger partial charge in [0.25, 0.3) is 0 Å². The van der Waals surface area contributed by atoms with Crippen LogP contribution in [-0.4, -0.2) is 50.7 Å². The van der Waals surface area contributed by atoms with Crippen LogP contribution in [0.15, 0.2) is 18.2 Å². The van der Waals surface area contributed by atoms with E-state index in [0.29, 0.717) is 23.6 Å². The van der Waals surface area contributed by atoms with Crippen LogP contribution in [0.1, 0.15) is 13.3 Å². The molecule has 10 heteroatoms. The Morgan fingerprint density at radius 2 is 2.00 bits per heavy atom. The standard InChI is InChI=1S/C15H19N3O6S/c1-9(16-15(20)18-11-4-5-25(21,22)7-11)14(19)17-10-2-3-12-13(6-10)24-8-23-12/h2-3,6,9,11H,4-5,7-8H2,1H3,(H,17,19)(H2,16,18,20)/t9-,11?/m0/s1. The van der Waals surface area contributed by atoms with E-state index in [1.165, 1.54) is 6.92 Å². The molecule has 0 radical (unpaired) electrons. The Bertz CT molecular complexity index is 794. The molecule has 25 heavy (non-hydrogen) atoms. The number of urea groups is 1. The fraction of sp³-hybridized carbons (Fsp3) is 0.467. The molecule has 1 aromatic carbocycles. The van der Waals surface area contributed by atoms with Crippen LogP contribution in [0, 0.1) is 0 Å². The Morgan fingerprint density at radius 1 is 1.24 bits per heavy atom. The number of hydrogen-bond donors (Lipinski definition) is 3. The zero-order chi connectivity index (χ0) is 18.0. The number of carbonyl (C=O) groups is 2. The first kappa shape index (κ1) is 17.3. The van der Waals surface area contributed by atoms with Crippen LogP contribution in [0.3, 0.4) is 0 Å². The molecule has 136 valence electrons. The maximum Gasteiger partial charge on any atom is 0.315 e. The van der Waals surface area contributed by atoms with E-state index in [2.05, 4.69) is 16.0 Å². The van der Waals surface area contributed by atoms with Gasteiger partial charge >= 0.3 is 6.03 Å². The number of anilines is 1. The van der Waals surface area contributed by atoms with Crippen LogP contribution in [0.5, 0.6) is 11.5 Å². The molecule has 0 aromatic heterocycles. The first-order chi connectivity index (χ1) is 11.8. The smallest absolute Gasteiger partial charge is 0.315 e. The van der Waals surface area contributed by atoms with Gasteiger partial charge in [0.05, 0.1) is 11.5 Å². The van der Waals surface area contributed by atoms with Crippen molar-refractivity contribution in [3.63, 3.8) is 0 Å². The number of ether oxygens (including phenoxy) is 2. The summed E-state index contributed by atoms with van der Waals surface area (Å²) in [5.74, 6) is 0.734. The number of amides is 3. The van der Waals surface area contributed by atoms with E-state index in [9.17, 15) is 18.0 Å². The second-order valence-electron chi connectivity index (χ2n) is 6.00. The highest BCUT2D eigenvalue weighted by Gasteiger charge is 2.29. The molecule has 0 spiro atoms. The quantitative estimate of drug-likeness (QED) is 0.698. The summed E-state index contributed by atoms with van der Waals surface area (Å²) in [6, 6.07) is 3.19. The van der Waals surface area contributed by atoms with Crippen molar-refractivity contribution in [2.75, 3.05) is 23.6 Å². The van der Waals surface area contributed by atoms with Crippen LogP contribution in [0.4, 0.5) is 10.5 Å². The minimum absolute atomic E-state index is 0.0676. The summed E-state index contributed by atoms with van der Waals surface area (Å²) in [6.45, 7) is 1.68. The number of fused-ring (bicyclic) bond motifs is 1. The normalized spacial score (nSPS) is 21.4. The van der Waals surface area contributed by atoms with Gasteiger partial charge in [0.2, 0.25) is 12.7 Å². The summed E-state index contributed by atoms with van der Waals surface area (Å²) in [7, 11) is -3.08. The fourth-order valence-electron chi connectivity index (χ4n) is 2.62. The molecule has 2 aliphatic rings. The Labute approximate surface area is 145 Å². The Hall–Kier alpha value is -2.49. The zero-order valence-electron chi connectivity index (χ0n) is 13.6. The maximum absolute atomic E-state index is 12.2. The summed E-state index contributed by atoms with van der Waals surface area (Å²) < 4.78 is 33.2. The molecule has 0 saturated carbocycles. The molecular weight excluding hydrogens is 350 g/mol. The first-order valence-electron chi connectivity index (χ1n) is 7.80. The van der Waals surface area contributed by atoms with Gasteiger partial charge < -0.3 is 25.4 Å². The van der Waals surface area contributed by atoms with Crippen molar-refractivity contribution in [1.82, 2.24) is 10.6 Å². The van der Waals surface area contributed by atoms with Gasteiger partial charge in [0, 0.05) is 17.8 Å². The monoisotopic (exact) mass is 369 g/mol. The Morgan fingerprint density at radius 3 is 2.72 bits per heavy atom. The average Bonchev–Trinajstić information content (AvgIpc) is 3.12. The minimum Gasteiger partial charge on any atom is -0.454 e. The van der Waals surface area contributed by atoms with Gasteiger partial charge in [0.1, 0.15) is 6.04 Å². The molecule has 2 aliphatic heterocycles. The van der Waals surface area contributed by atoms with Crippen LogP contribution >= 0.6 is 0 Å². The summed E-state index contributed by atoms with van der Waals surface area (Å²) in [5.41, 5.74) is 0.519. The molecule has 9 nitrogen and oxygen atoms in total. The second-order valence-corrected chi connectivity index (χ2v) is 8.23. The van der Waals surface area contributed by atoms with E-state index in [0.717, 1.165) is 0 Å². The van der Waals surface area contributed by atoms with E-state index in [1.807, 2.05) is 0 Å². The summed E-state index contributed by atoms with van der Waals surface area (Å²) in [4.78, 5) is 24.1. The average molecular weight is 369 g/mol. The third kappa shape index (κ3) is 4.32. The van der Waals surface area contributed by atoms with E-state index >= 15 is 0 Å². The van der Waals surface area contributed by atoms with Crippen LogP contribution in [0.2, 0.25) is 0 Å². The molecule has 1 unspecified atom stereocenters. The zero-order valence-corrected chi connectivity index (χ0v) is 14.4. The third-order valence-corrected chi connectivity index (χ3v) is 5.72. The van der Waals surface area contributed by atoms with Gasteiger partial charge in [0.15, 0.2) is 21.3 Å². The summed E-state index contributed by atoms with van der Waals surface area (Å²) in [5, 5.41) is 7.74. The molecule has 3 rings (SSSR count). The SMILES string of the molecule is C[C@H](NC(=O)NC1CCS(=O)(=O)C1)C(=O)Nc1ccc2c(c1)OCO2. The molecule has 1 saturated heterocycles. The number of sulfone groups is 1. The van der Waals surface area contributed by atoms with Crippen molar-refractivity contribution in [1.29, 1.82) is 0 Å². The largest absolute Gasteiger partial charge is 0.454 e. The van der Waals surface area contributed by atoms with Gasteiger partial charge in [-0.15, -0.1) is 0 Å². The number of hydrogen-bond acceptors (Lipinski definition) is 6. The van der Waals surface area contributed by atoms with Crippen molar-refractivity contribution in [2.45, 2.75) is 25.4 Å². The van der Waals surface area contributed by atoms with E-state index in [-0.39, 0.29) is 18.3 Å². The molecule has 1 aromatic rings. The molecular formula is C15H19N3O6S. The lowest BCUT2D eigenvalue weighted by Crippen LogP contribution is -2.49. The molecule has 0 aliphatic carbocycles. The topological polar surface area (TPSA) is 123 Å². The highest BCUT2D eigenvalue weighted by atomic mass is 32.2. The Balaban J connectivity index is 1.49. The highest BCUT2D eigenvalue weighted by molar-refractivity contribution is 7.91. The predicted octanol–water partition coefficient (Wildman–Crippen LogP) is 0.229. The highest BCUT2D eigenvalue weighted by Crippen LogP contribution is 2.34. The number of rotatable bonds is 4. The molecule has 2 atom stereocenters. The van der Waals surface area contributed by atoms with E-state index < -0.39 is 33.9 Å². The van der Waals surface area contributed by atoms with Gasteiger partial charge in [-0.1, -0.05) is 0 Å². The lowest BCUT2D eigenvalue weighted by molar-refractivity contribution is -0.117. The molecule has 2 heterocycles. The van der Waals surface area contributed by atoms with Crippen LogP contribution in [-0.2, 0) is 14.6 Å². The maximum atomic E-state index is 12.2. The van der Waals surface area contributed by atoms with Gasteiger partial charge in [-0.3, -0.25) is 4.79 Å². The van der Waals surface area contributed by atoms with Crippen molar-refractivity contribution < 1.29 is 27.5 Å². The number of nitrogens with one attached hydrogen (secondary N) is 3. The molecule has 1 fully saturated rings. The van der Waals surface area contributed by atoms with Crippen molar-refractivity contribution in [2.24, 2.45) is 0 Å². The lowest BCUT2D eigenvalue weighted by Gasteiger charge is -2.17. The molecule has 0 bridgehead atoms. The van der Waals surface area contributed by atoms with Crippen molar-refractivity contribution in [3.8, 4) is 11.5 Å². The second kappa shape index (κ2) is 6.79. The van der Waals surface area contributed by atoms with Crippen molar-refractivity contribution in [3.05, 3.63) is 18.2 Å². The minimum atomic E-state index is -3.08. The van der Waals surface area contributed by atoms with Crippen LogP contribution < -0.4 is 25.4 Å². The van der Waals surface area contributed by atoms with Gasteiger partial charge in [-0.25, -0.2) is 13.2 Å². The summed E-state index contributed by atoms with van der Waals surface area (Å²) >= 11 is 0. The number of carbonyl (C=O) groups excluding carboxylic acids is 2. The fourth-order valence-corrected chi connectivity index (χ4v) is 4.30. The molecule has 3 N–H and O–H groups in total. The van der Waals surface area contributed by atoms with Crippen LogP contribution in [0.25, 0.3) is 0 Å². The molecule has 3 amide bonds. The van der Waals surface area contributed by atoms with E-state index in [4.69, 9.17) is 9.47 Å². The number of benzene rings is 1. The van der Waals surface area contributed by atoms with Crippen molar-refractivity contribution >= 4 is 27.5 Å². The third-order valence-electron chi connectivity index (χ3n) is 3.95. The lowest BCUT2D eigenvalue weighted by atomic mass is 10.2. The first-order valence-corrected chi connectivity index (χ1v) is 9.62. The van der Waals surface area contributed by atoms with Gasteiger partial charge in [-0.05, 0) is 25.5 Å². The van der Waals surface area contributed by atoms with E-state index in [1.54, 1.807) is 18.2 Å². The Kier molecular flexibility index (Phi) is 4.71.